The molecule has 0 amide bonds. The second-order valence-corrected chi connectivity index (χ2v) is 6.69. The van der Waals surface area contributed by atoms with Gasteiger partial charge in [0.2, 0.25) is 0 Å². The molecule has 6 heteroatoms. The summed E-state index contributed by atoms with van der Waals surface area (Å²) in [5.74, 6) is 1.57. The molecule has 0 unspecified atom stereocenters. The fourth-order valence-corrected chi connectivity index (χ4v) is 3.64. The number of H-pyrrole nitrogens is 1. The monoisotopic (exact) mass is 364 g/mol. The molecule has 130 valence electrons. The number of pyridine rings is 1. The normalized spacial score (nSPS) is 10.8. The van der Waals surface area contributed by atoms with Gasteiger partial charge in [0, 0.05) is 11.1 Å². The van der Waals surface area contributed by atoms with E-state index in [9.17, 15) is 4.79 Å². The maximum absolute atomic E-state index is 11.9. The summed E-state index contributed by atoms with van der Waals surface area (Å²) >= 11 is 1.17. The molecule has 0 spiro atoms. The first-order chi connectivity index (χ1) is 12.7. The van der Waals surface area contributed by atoms with Gasteiger partial charge < -0.3 is 9.47 Å². The summed E-state index contributed by atoms with van der Waals surface area (Å²) in [6.45, 7) is 0. The van der Waals surface area contributed by atoms with Crippen molar-refractivity contribution in [2.75, 3.05) is 14.2 Å². The number of benzene rings is 2. The number of nitrogens with one attached hydrogen (secondary N) is 1. The molecule has 2 aromatic heterocycles. The van der Waals surface area contributed by atoms with Crippen LogP contribution in [-0.4, -0.2) is 24.2 Å². The summed E-state index contributed by atoms with van der Waals surface area (Å²) in [5.41, 5.74) is 4.31. The number of thiazole rings is 1. The molecule has 4 rings (SSSR count). The van der Waals surface area contributed by atoms with Crippen LogP contribution in [-0.2, 0) is 0 Å². The van der Waals surface area contributed by atoms with Crippen LogP contribution in [0, 0.1) is 0 Å². The van der Waals surface area contributed by atoms with Crippen LogP contribution in [0.25, 0.3) is 32.7 Å². The highest BCUT2D eigenvalue weighted by Gasteiger charge is 2.13. The number of aromatic nitrogens is 2. The summed E-state index contributed by atoms with van der Waals surface area (Å²) in [7, 11) is 3.27. The van der Waals surface area contributed by atoms with Crippen molar-refractivity contribution in [1.82, 2.24) is 9.97 Å². The van der Waals surface area contributed by atoms with Gasteiger partial charge in [-0.3, -0.25) is 9.78 Å². The fraction of sp³-hybridized carbons (Fsp3) is 0.100. The van der Waals surface area contributed by atoms with Gasteiger partial charge in [0.05, 0.1) is 24.6 Å². The van der Waals surface area contributed by atoms with E-state index < -0.39 is 0 Å². The van der Waals surface area contributed by atoms with Gasteiger partial charge in [-0.05, 0) is 48.0 Å². The number of methoxy groups -OCH3 is 2. The van der Waals surface area contributed by atoms with Crippen molar-refractivity contribution in [3.8, 4) is 33.9 Å². The van der Waals surface area contributed by atoms with Crippen molar-refractivity contribution in [2.45, 2.75) is 0 Å². The Bertz CT molecular complexity index is 1110. The minimum Gasteiger partial charge on any atom is -0.497 e. The zero-order chi connectivity index (χ0) is 18.1. The Morgan fingerprint density at radius 2 is 1.46 bits per heavy atom. The largest absolute Gasteiger partial charge is 0.497 e. The fourth-order valence-electron chi connectivity index (χ4n) is 2.83. The zero-order valence-corrected chi connectivity index (χ0v) is 15.1. The lowest BCUT2D eigenvalue weighted by Crippen LogP contribution is -1.92. The van der Waals surface area contributed by atoms with Crippen molar-refractivity contribution < 1.29 is 9.47 Å². The number of hydrogen-bond donors (Lipinski definition) is 1. The molecule has 0 aliphatic heterocycles. The van der Waals surface area contributed by atoms with Crippen molar-refractivity contribution >= 4 is 21.7 Å². The van der Waals surface area contributed by atoms with Crippen LogP contribution in [0.4, 0.5) is 0 Å². The van der Waals surface area contributed by atoms with Gasteiger partial charge in [0.25, 0.3) is 0 Å². The summed E-state index contributed by atoms with van der Waals surface area (Å²) in [4.78, 5) is 19.2. The molecular weight excluding hydrogens is 348 g/mol. The molecule has 4 aromatic rings. The standard InChI is InChI=1S/C20H16N2O3S/c1-24-14-7-3-12(4-8-14)16-11-17(13-5-9-15(25-2)10-6-13)21-19-18(16)26-20(23)22-19/h3-11H,1-2H3,(H,21,22,23). The SMILES string of the molecule is COc1ccc(-c2cc(-c3ccc(OC)cc3)c3sc(=O)[nH]c3n2)cc1. The first-order valence-corrected chi connectivity index (χ1v) is 8.82. The Kier molecular flexibility index (Phi) is 4.18. The summed E-state index contributed by atoms with van der Waals surface area (Å²) in [6, 6.07) is 17.5. The van der Waals surface area contributed by atoms with Crippen LogP contribution >= 0.6 is 11.3 Å². The van der Waals surface area contributed by atoms with Crippen LogP contribution in [0.15, 0.2) is 59.4 Å². The molecule has 0 aliphatic carbocycles. The zero-order valence-electron chi connectivity index (χ0n) is 14.3. The van der Waals surface area contributed by atoms with Crippen LogP contribution < -0.4 is 14.3 Å². The van der Waals surface area contributed by atoms with Gasteiger partial charge in [-0.25, -0.2) is 4.98 Å². The van der Waals surface area contributed by atoms with Gasteiger partial charge in [-0.15, -0.1) is 0 Å². The van der Waals surface area contributed by atoms with Gasteiger partial charge in [0.15, 0.2) is 5.65 Å². The molecule has 0 bridgehead atoms. The molecule has 26 heavy (non-hydrogen) atoms. The first kappa shape index (κ1) is 16.4. The second kappa shape index (κ2) is 6.65. The van der Waals surface area contributed by atoms with E-state index in [1.165, 1.54) is 11.3 Å². The summed E-state index contributed by atoms with van der Waals surface area (Å²) in [6.07, 6.45) is 0. The minimum atomic E-state index is -0.117. The number of hydrogen-bond acceptors (Lipinski definition) is 5. The smallest absolute Gasteiger partial charge is 0.306 e. The van der Waals surface area contributed by atoms with E-state index in [1.54, 1.807) is 14.2 Å². The third-order valence-corrected chi connectivity index (χ3v) is 5.08. The van der Waals surface area contributed by atoms with Crippen molar-refractivity contribution in [2.24, 2.45) is 0 Å². The maximum atomic E-state index is 11.9. The van der Waals surface area contributed by atoms with Crippen molar-refractivity contribution in [3.63, 3.8) is 0 Å². The minimum absolute atomic E-state index is 0.117. The Balaban J connectivity index is 1.90. The van der Waals surface area contributed by atoms with Crippen molar-refractivity contribution in [3.05, 3.63) is 64.3 Å². The Labute approximate surface area is 153 Å². The summed E-state index contributed by atoms with van der Waals surface area (Å²) < 4.78 is 11.3. The highest BCUT2D eigenvalue weighted by Crippen LogP contribution is 2.34. The third-order valence-electron chi connectivity index (χ3n) is 4.18. The maximum Gasteiger partial charge on any atom is 0.306 e. The number of rotatable bonds is 4. The van der Waals surface area contributed by atoms with E-state index in [0.717, 1.165) is 38.6 Å². The van der Waals surface area contributed by atoms with Crippen LogP contribution in [0.1, 0.15) is 0 Å². The molecule has 2 aromatic carbocycles. The third kappa shape index (κ3) is 2.95. The molecule has 1 N–H and O–H groups in total. The topological polar surface area (TPSA) is 64.2 Å². The lowest BCUT2D eigenvalue weighted by atomic mass is 10.0. The predicted octanol–water partition coefficient (Wildman–Crippen LogP) is 4.34. The van der Waals surface area contributed by atoms with Crippen LogP contribution in [0.5, 0.6) is 11.5 Å². The van der Waals surface area contributed by atoms with E-state index in [-0.39, 0.29) is 4.87 Å². The number of fused-ring (bicyclic) bond motifs is 1. The number of aromatic amines is 1. The second-order valence-electron chi connectivity index (χ2n) is 5.70. The molecule has 0 saturated carbocycles. The van der Waals surface area contributed by atoms with E-state index >= 15 is 0 Å². The van der Waals surface area contributed by atoms with E-state index in [2.05, 4.69) is 9.97 Å². The average molecular weight is 364 g/mol. The molecule has 2 heterocycles. The van der Waals surface area contributed by atoms with E-state index in [0.29, 0.717) is 5.65 Å². The molecule has 0 radical (unpaired) electrons. The Hall–Kier alpha value is -3.12. The van der Waals surface area contributed by atoms with Crippen LogP contribution in [0.3, 0.4) is 0 Å². The first-order valence-electron chi connectivity index (χ1n) is 8.00. The highest BCUT2D eigenvalue weighted by atomic mass is 32.1. The average Bonchev–Trinajstić information content (AvgIpc) is 3.07. The van der Waals surface area contributed by atoms with Gasteiger partial charge >= 0.3 is 4.87 Å². The van der Waals surface area contributed by atoms with Crippen LogP contribution in [0.2, 0.25) is 0 Å². The van der Waals surface area contributed by atoms with Crippen molar-refractivity contribution in [1.29, 1.82) is 0 Å². The molecule has 0 saturated heterocycles. The van der Waals surface area contributed by atoms with Gasteiger partial charge in [-0.2, -0.15) is 0 Å². The van der Waals surface area contributed by atoms with Gasteiger partial charge in [0.1, 0.15) is 11.5 Å². The Morgan fingerprint density at radius 1 is 0.885 bits per heavy atom. The lowest BCUT2D eigenvalue weighted by molar-refractivity contribution is 0.415. The van der Waals surface area contributed by atoms with Gasteiger partial charge in [-0.1, -0.05) is 23.5 Å². The molecular formula is C20H16N2O3S. The van der Waals surface area contributed by atoms with E-state index in [1.807, 2.05) is 54.6 Å². The quantitative estimate of drug-likeness (QED) is 0.585. The lowest BCUT2D eigenvalue weighted by Gasteiger charge is -2.08. The highest BCUT2D eigenvalue weighted by molar-refractivity contribution is 7.16. The molecule has 5 nitrogen and oxygen atoms in total. The molecule has 0 aliphatic rings. The number of ether oxygens (including phenoxy) is 2. The van der Waals surface area contributed by atoms with E-state index in [4.69, 9.17) is 9.47 Å². The molecule has 0 atom stereocenters. The Morgan fingerprint density at radius 3 is 2.04 bits per heavy atom. The predicted molar refractivity (Wildman–Crippen MR) is 104 cm³/mol. The molecule has 0 fully saturated rings. The number of nitrogens with zero attached hydrogens (tertiary/aromatic N) is 1. The summed E-state index contributed by atoms with van der Waals surface area (Å²) in [5, 5.41) is 0.